The second kappa shape index (κ2) is 14.3. The van der Waals surface area contributed by atoms with Gasteiger partial charge in [-0.15, -0.1) is 0 Å². The predicted octanol–water partition coefficient (Wildman–Crippen LogP) is -3.08. The lowest BCUT2D eigenvalue weighted by Gasteiger charge is -2.40. The lowest BCUT2D eigenvalue weighted by atomic mass is 9.92. The summed E-state index contributed by atoms with van der Waals surface area (Å²) < 4.78 is 16.2. The number of carbonyl (C=O) groups is 3. The average Bonchev–Trinajstić information content (AvgIpc) is 2.80. The van der Waals surface area contributed by atoms with E-state index in [2.05, 4.69) is 16.2 Å². The molecule has 0 fully saturated rings. The van der Waals surface area contributed by atoms with Crippen LogP contribution in [0.3, 0.4) is 0 Å². The van der Waals surface area contributed by atoms with Crippen LogP contribution in [0.1, 0.15) is 34.6 Å². The van der Waals surface area contributed by atoms with Crippen LogP contribution in [0.25, 0.3) is 0 Å². The Balaban J connectivity index is 3.23. The van der Waals surface area contributed by atoms with E-state index in [1.807, 2.05) is 0 Å². The number of hydrazine groups is 1. The summed E-state index contributed by atoms with van der Waals surface area (Å²) in [5.41, 5.74) is 16.7. The highest BCUT2D eigenvalue weighted by Crippen LogP contribution is 2.25. The molecule has 7 atom stereocenters. The minimum Gasteiger partial charge on any atom is -0.478 e. The number of aliphatic hydroxyl groups excluding tert-OH is 3. The summed E-state index contributed by atoms with van der Waals surface area (Å²) in [6.07, 6.45) is -4.76. The molecule has 0 saturated carbocycles. The number of hydrogen-bond acceptors (Lipinski definition) is 13. The zero-order chi connectivity index (χ0) is 26.9. The van der Waals surface area contributed by atoms with Crippen molar-refractivity contribution >= 4 is 17.8 Å². The normalized spacial score (nSPS) is 23.5. The fourth-order valence-corrected chi connectivity index (χ4v) is 3.10. The first-order valence-electron chi connectivity index (χ1n) is 11.3. The van der Waals surface area contributed by atoms with E-state index < -0.39 is 78.9 Å². The van der Waals surface area contributed by atoms with Crippen LogP contribution in [0.15, 0.2) is 11.8 Å². The van der Waals surface area contributed by atoms with Gasteiger partial charge in [-0.3, -0.25) is 9.59 Å². The Bertz CT molecular complexity index is 749. The molecular formula is C21H39N5O9. The van der Waals surface area contributed by atoms with E-state index in [-0.39, 0.29) is 12.6 Å². The Morgan fingerprint density at radius 1 is 1.14 bits per heavy atom. The van der Waals surface area contributed by atoms with E-state index in [1.54, 1.807) is 27.7 Å². The summed E-state index contributed by atoms with van der Waals surface area (Å²) >= 11 is 0. The predicted molar refractivity (Wildman–Crippen MR) is 122 cm³/mol. The number of esters is 2. The molecule has 202 valence electrons. The summed E-state index contributed by atoms with van der Waals surface area (Å²) in [7, 11) is 0. The Morgan fingerprint density at radius 2 is 1.77 bits per heavy atom. The molecule has 1 aliphatic rings. The quantitative estimate of drug-likeness (QED) is 0.0706. The third-order valence-corrected chi connectivity index (χ3v) is 5.18. The maximum atomic E-state index is 13.0. The summed E-state index contributed by atoms with van der Waals surface area (Å²) in [5, 5.41) is 32.4. The monoisotopic (exact) mass is 505 g/mol. The SMILES string of the molecule is CC(=O)N[C@H]1[C@H]([C@H](O)[C@H](O)CO)OC(C(=O)OC(OC(=O)[C@H](N)C(C)C)C(C)C)=C[C@@H]1NNCN. The fraction of sp³-hybridized carbons (Fsp3) is 0.762. The first kappa shape index (κ1) is 30.7. The van der Waals surface area contributed by atoms with Crippen molar-refractivity contribution in [3.63, 3.8) is 0 Å². The Morgan fingerprint density at radius 3 is 2.26 bits per heavy atom. The van der Waals surface area contributed by atoms with Crippen molar-refractivity contribution < 1.29 is 43.9 Å². The van der Waals surface area contributed by atoms with E-state index in [4.69, 9.17) is 25.7 Å². The van der Waals surface area contributed by atoms with Gasteiger partial charge >= 0.3 is 11.9 Å². The molecule has 0 bridgehead atoms. The topological polar surface area (TPSA) is 228 Å². The zero-order valence-electron chi connectivity index (χ0n) is 20.6. The molecule has 0 spiro atoms. The second-order valence-electron chi connectivity index (χ2n) is 8.86. The van der Waals surface area contributed by atoms with Crippen molar-refractivity contribution in [3.05, 3.63) is 11.8 Å². The van der Waals surface area contributed by atoms with Gasteiger partial charge in [-0.05, 0) is 12.0 Å². The van der Waals surface area contributed by atoms with Gasteiger partial charge in [-0.2, -0.15) is 0 Å². The third-order valence-electron chi connectivity index (χ3n) is 5.18. The van der Waals surface area contributed by atoms with Gasteiger partial charge in [0, 0.05) is 12.8 Å². The average molecular weight is 506 g/mol. The number of aliphatic hydroxyl groups is 3. The molecule has 0 radical (unpaired) electrons. The van der Waals surface area contributed by atoms with Crippen LogP contribution in [0, 0.1) is 11.8 Å². The van der Waals surface area contributed by atoms with Crippen molar-refractivity contribution in [3.8, 4) is 0 Å². The van der Waals surface area contributed by atoms with Crippen LogP contribution < -0.4 is 27.6 Å². The Labute approximate surface area is 204 Å². The molecule has 0 aliphatic carbocycles. The molecule has 1 rings (SSSR count). The van der Waals surface area contributed by atoms with Crippen molar-refractivity contribution in [2.75, 3.05) is 13.3 Å². The molecule has 35 heavy (non-hydrogen) atoms. The number of rotatable bonds is 13. The smallest absolute Gasteiger partial charge is 0.376 e. The molecule has 0 aromatic carbocycles. The summed E-state index contributed by atoms with van der Waals surface area (Å²) in [6.45, 7) is 7.20. The number of carbonyl (C=O) groups excluding carboxylic acids is 3. The molecule has 0 saturated heterocycles. The van der Waals surface area contributed by atoms with E-state index in [1.165, 1.54) is 13.0 Å². The molecule has 1 heterocycles. The van der Waals surface area contributed by atoms with Gasteiger partial charge in [0.25, 0.3) is 0 Å². The van der Waals surface area contributed by atoms with Crippen molar-refractivity contribution in [1.82, 2.24) is 16.2 Å². The second-order valence-corrected chi connectivity index (χ2v) is 8.86. The largest absolute Gasteiger partial charge is 0.478 e. The highest BCUT2D eigenvalue weighted by Gasteiger charge is 2.44. The molecular weight excluding hydrogens is 466 g/mol. The summed E-state index contributed by atoms with van der Waals surface area (Å²) in [4.78, 5) is 37.0. The highest BCUT2D eigenvalue weighted by atomic mass is 16.7. The van der Waals surface area contributed by atoms with Crippen LogP contribution in [-0.4, -0.2) is 89.2 Å². The van der Waals surface area contributed by atoms with Crippen molar-refractivity contribution in [2.24, 2.45) is 23.3 Å². The maximum absolute atomic E-state index is 13.0. The molecule has 14 nitrogen and oxygen atoms in total. The number of nitrogens with two attached hydrogens (primary N) is 2. The number of amides is 1. The first-order valence-corrected chi connectivity index (χ1v) is 11.3. The van der Waals surface area contributed by atoms with Gasteiger partial charge in [-0.25, -0.2) is 15.6 Å². The molecule has 0 aromatic heterocycles. The minimum absolute atomic E-state index is 0.0221. The Hall–Kier alpha value is -2.33. The minimum atomic E-state index is -1.71. The van der Waals surface area contributed by atoms with Crippen LogP contribution >= 0.6 is 0 Å². The molecule has 10 N–H and O–H groups in total. The molecule has 1 unspecified atom stereocenters. The number of ether oxygens (including phenoxy) is 3. The highest BCUT2D eigenvalue weighted by molar-refractivity contribution is 5.87. The zero-order valence-corrected chi connectivity index (χ0v) is 20.6. The third kappa shape index (κ3) is 9.00. The van der Waals surface area contributed by atoms with Crippen LogP contribution in [0.5, 0.6) is 0 Å². The van der Waals surface area contributed by atoms with Gasteiger partial charge in [0.1, 0.15) is 24.4 Å². The number of hydrogen-bond donors (Lipinski definition) is 8. The standard InChI is InChI=1S/C21H39N5O9/c1-9(2)15(23)20(32)35-21(10(3)4)34-19(31)14-6-12(26-24-8-22)16(25-11(5)28)18(33-14)17(30)13(29)7-27/h6,9-10,12-13,15-18,21,24,26-27,29-30H,7-8,22-23H2,1-5H3,(H,25,28)/t12-,13+,15+,16+,17+,18+,21?/m0/s1. The van der Waals surface area contributed by atoms with E-state index in [0.717, 1.165) is 0 Å². The van der Waals surface area contributed by atoms with Gasteiger partial charge in [-0.1, -0.05) is 27.7 Å². The fourth-order valence-electron chi connectivity index (χ4n) is 3.10. The molecule has 1 amide bonds. The van der Waals surface area contributed by atoms with E-state index in [0.29, 0.717) is 0 Å². The van der Waals surface area contributed by atoms with Crippen LogP contribution in [0.2, 0.25) is 0 Å². The van der Waals surface area contributed by atoms with Gasteiger partial charge in [0.2, 0.25) is 18.0 Å². The molecule has 14 heteroatoms. The van der Waals surface area contributed by atoms with Crippen molar-refractivity contribution in [2.45, 2.75) is 77.3 Å². The first-order chi connectivity index (χ1) is 16.3. The molecule has 0 aromatic rings. The van der Waals surface area contributed by atoms with E-state index in [9.17, 15) is 29.7 Å². The lowest BCUT2D eigenvalue weighted by molar-refractivity contribution is -0.199. The molecule has 1 aliphatic heterocycles. The van der Waals surface area contributed by atoms with E-state index >= 15 is 0 Å². The van der Waals surface area contributed by atoms with Crippen LogP contribution in [0.4, 0.5) is 0 Å². The van der Waals surface area contributed by atoms with Gasteiger partial charge in [0.15, 0.2) is 0 Å². The Kier molecular flexibility index (Phi) is 12.5. The maximum Gasteiger partial charge on any atom is 0.376 e. The summed E-state index contributed by atoms with van der Waals surface area (Å²) in [5.74, 6) is -3.31. The summed E-state index contributed by atoms with van der Waals surface area (Å²) in [6, 6.07) is -2.80. The lowest BCUT2D eigenvalue weighted by Crippen LogP contribution is -2.64. The van der Waals surface area contributed by atoms with Gasteiger partial charge < -0.3 is 46.3 Å². The number of nitrogens with one attached hydrogen (secondary N) is 3. The van der Waals surface area contributed by atoms with Crippen LogP contribution in [-0.2, 0) is 28.6 Å². The van der Waals surface area contributed by atoms with Gasteiger partial charge in [0.05, 0.1) is 25.4 Å². The van der Waals surface area contributed by atoms with Crippen molar-refractivity contribution in [1.29, 1.82) is 0 Å².